The summed E-state index contributed by atoms with van der Waals surface area (Å²) >= 11 is 1.69. The molecule has 2 aromatic rings. The molecule has 1 aliphatic heterocycles. The number of rotatable bonds is 7. The van der Waals surface area contributed by atoms with E-state index in [1.165, 1.54) is 28.8 Å². The SMILES string of the molecule is COc1ccc(-c2csc(CNC(=O)CCC3CCNCC3)c2)cc1. The fourth-order valence-corrected chi connectivity index (χ4v) is 4.02. The third-order valence-electron chi connectivity index (χ3n) is 4.78. The number of amides is 1. The summed E-state index contributed by atoms with van der Waals surface area (Å²) in [4.78, 5) is 13.3. The summed E-state index contributed by atoms with van der Waals surface area (Å²) in [5.41, 5.74) is 2.35. The zero-order valence-electron chi connectivity index (χ0n) is 14.7. The summed E-state index contributed by atoms with van der Waals surface area (Å²) in [5.74, 6) is 1.73. The molecule has 3 rings (SSSR count). The van der Waals surface area contributed by atoms with Crippen LogP contribution in [0.3, 0.4) is 0 Å². The molecule has 0 spiro atoms. The van der Waals surface area contributed by atoms with Gasteiger partial charge in [-0.2, -0.15) is 0 Å². The molecule has 1 aromatic carbocycles. The second-order valence-corrected chi connectivity index (χ2v) is 7.53. The molecule has 1 aliphatic rings. The van der Waals surface area contributed by atoms with Crippen LogP contribution in [0.1, 0.15) is 30.6 Å². The third kappa shape index (κ3) is 5.31. The van der Waals surface area contributed by atoms with E-state index >= 15 is 0 Å². The number of hydrogen-bond acceptors (Lipinski definition) is 4. The van der Waals surface area contributed by atoms with Gasteiger partial charge in [-0.25, -0.2) is 0 Å². The van der Waals surface area contributed by atoms with Crippen molar-refractivity contribution < 1.29 is 9.53 Å². The summed E-state index contributed by atoms with van der Waals surface area (Å²) in [5, 5.41) is 8.56. The number of nitrogens with one attached hydrogen (secondary N) is 2. The molecule has 0 atom stereocenters. The van der Waals surface area contributed by atoms with Gasteiger partial charge in [-0.15, -0.1) is 11.3 Å². The Kier molecular flexibility index (Phi) is 6.48. The fraction of sp³-hybridized carbons (Fsp3) is 0.450. The van der Waals surface area contributed by atoms with E-state index in [-0.39, 0.29) is 5.91 Å². The lowest BCUT2D eigenvalue weighted by molar-refractivity contribution is -0.121. The minimum Gasteiger partial charge on any atom is -0.497 e. The van der Waals surface area contributed by atoms with Crippen molar-refractivity contribution in [1.29, 1.82) is 0 Å². The molecule has 5 heteroatoms. The molecule has 0 saturated carbocycles. The summed E-state index contributed by atoms with van der Waals surface area (Å²) in [6.45, 7) is 2.80. The molecule has 0 radical (unpaired) electrons. The average molecular weight is 359 g/mol. The third-order valence-corrected chi connectivity index (χ3v) is 5.71. The van der Waals surface area contributed by atoms with Crippen LogP contribution in [0.15, 0.2) is 35.7 Å². The molecular formula is C20H26N2O2S. The maximum Gasteiger partial charge on any atom is 0.220 e. The Labute approximate surface area is 153 Å². The summed E-state index contributed by atoms with van der Waals surface area (Å²) in [6.07, 6.45) is 4.04. The van der Waals surface area contributed by atoms with Crippen LogP contribution in [0.25, 0.3) is 11.1 Å². The molecule has 1 fully saturated rings. The lowest BCUT2D eigenvalue weighted by Gasteiger charge is -2.22. The monoisotopic (exact) mass is 358 g/mol. The summed E-state index contributed by atoms with van der Waals surface area (Å²) in [6, 6.07) is 10.2. The Morgan fingerprint density at radius 1 is 1.24 bits per heavy atom. The van der Waals surface area contributed by atoms with Gasteiger partial charge in [0.25, 0.3) is 0 Å². The maximum atomic E-state index is 12.1. The van der Waals surface area contributed by atoms with Crippen molar-refractivity contribution in [2.75, 3.05) is 20.2 Å². The van der Waals surface area contributed by atoms with Crippen LogP contribution in [0.5, 0.6) is 5.75 Å². The van der Waals surface area contributed by atoms with Crippen molar-refractivity contribution in [2.45, 2.75) is 32.2 Å². The quantitative estimate of drug-likeness (QED) is 0.791. The van der Waals surface area contributed by atoms with Gasteiger partial charge < -0.3 is 15.4 Å². The van der Waals surface area contributed by atoms with Gasteiger partial charge in [-0.3, -0.25) is 4.79 Å². The van der Waals surface area contributed by atoms with E-state index < -0.39 is 0 Å². The van der Waals surface area contributed by atoms with Crippen LogP contribution < -0.4 is 15.4 Å². The minimum atomic E-state index is 0.165. The summed E-state index contributed by atoms with van der Waals surface area (Å²) in [7, 11) is 1.67. The van der Waals surface area contributed by atoms with E-state index in [0.29, 0.717) is 18.9 Å². The van der Waals surface area contributed by atoms with Crippen LogP contribution in [0, 0.1) is 5.92 Å². The lowest BCUT2D eigenvalue weighted by Crippen LogP contribution is -2.29. The van der Waals surface area contributed by atoms with Crippen molar-refractivity contribution in [2.24, 2.45) is 5.92 Å². The number of methoxy groups -OCH3 is 1. The van der Waals surface area contributed by atoms with E-state index in [9.17, 15) is 4.79 Å². The van der Waals surface area contributed by atoms with Crippen molar-refractivity contribution in [1.82, 2.24) is 10.6 Å². The number of carbonyl (C=O) groups is 1. The molecule has 1 saturated heterocycles. The predicted molar refractivity (Wildman–Crippen MR) is 103 cm³/mol. The first-order valence-corrected chi connectivity index (χ1v) is 9.82. The second-order valence-electron chi connectivity index (χ2n) is 6.54. The predicted octanol–water partition coefficient (Wildman–Crippen LogP) is 3.82. The molecule has 2 heterocycles. The Balaban J connectivity index is 1.45. The van der Waals surface area contributed by atoms with E-state index in [1.807, 2.05) is 12.1 Å². The lowest BCUT2D eigenvalue weighted by atomic mass is 9.93. The first kappa shape index (κ1) is 18.0. The van der Waals surface area contributed by atoms with Crippen LogP contribution in [0.2, 0.25) is 0 Å². The fourth-order valence-electron chi connectivity index (χ4n) is 3.19. The van der Waals surface area contributed by atoms with Crippen LogP contribution in [0.4, 0.5) is 0 Å². The van der Waals surface area contributed by atoms with Gasteiger partial charge in [0.15, 0.2) is 0 Å². The van der Waals surface area contributed by atoms with Gasteiger partial charge in [0.2, 0.25) is 5.91 Å². The highest BCUT2D eigenvalue weighted by Gasteiger charge is 2.14. The van der Waals surface area contributed by atoms with Gasteiger partial charge >= 0.3 is 0 Å². The average Bonchev–Trinajstić information content (AvgIpc) is 3.14. The molecular weight excluding hydrogens is 332 g/mol. The van der Waals surface area contributed by atoms with E-state index in [1.54, 1.807) is 18.4 Å². The van der Waals surface area contributed by atoms with Gasteiger partial charge in [0.1, 0.15) is 5.75 Å². The largest absolute Gasteiger partial charge is 0.497 e. The molecule has 4 nitrogen and oxygen atoms in total. The van der Waals surface area contributed by atoms with E-state index in [2.05, 4.69) is 34.2 Å². The second kappa shape index (κ2) is 9.02. The molecule has 1 amide bonds. The zero-order chi connectivity index (χ0) is 17.5. The molecule has 2 N–H and O–H groups in total. The van der Waals surface area contributed by atoms with Crippen LogP contribution in [-0.2, 0) is 11.3 Å². The van der Waals surface area contributed by atoms with Gasteiger partial charge in [-0.1, -0.05) is 12.1 Å². The highest BCUT2D eigenvalue weighted by molar-refractivity contribution is 7.10. The Morgan fingerprint density at radius 3 is 2.72 bits per heavy atom. The Bertz CT molecular complexity index is 675. The van der Waals surface area contributed by atoms with Crippen LogP contribution >= 0.6 is 11.3 Å². The van der Waals surface area contributed by atoms with Crippen molar-refractivity contribution in [3.63, 3.8) is 0 Å². The van der Waals surface area contributed by atoms with E-state index in [0.717, 1.165) is 25.3 Å². The smallest absolute Gasteiger partial charge is 0.220 e. The molecule has 134 valence electrons. The molecule has 25 heavy (non-hydrogen) atoms. The zero-order valence-corrected chi connectivity index (χ0v) is 15.5. The molecule has 0 aliphatic carbocycles. The first-order valence-electron chi connectivity index (χ1n) is 8.94. The number of benzene rings is 1. The van der Waals surface area contributed by atoms with Gasteiger partial charge in [-0.05, 0) is 73.0 Å². The molecule has 1 aromatic heterocycles. The molecule has 0 unspecified atom stereocenters. The maximum absolute atomic E-state index is 12.1. The normalized spacial score (nSPS) is 15.1. The standard InChI is InChI=1S/C20H26N2O2S/c1-24-18-5-3-16(4-6-18)17-12-19(25-14-17)13-22-20(23)7-2-15-8-10-21-11-9-15/h3-6,12,14-15,21H,2,7-11,13H2,1H3,(H,22,23). The number of carbonyl (C=O) groups excluding carboxylic acids is 1. The molecule has 0 bridgehead atoms. The number of ether oxygens (including phenoxy) is 1. The number of piperidine rings is 1. The first-order chi connectivity index (χ1) is 12.2. The van der Waals surface area contributed by atoms with E-state index in [4.69, 9.17) is 4.74 Å². The number of thiophene rings is 1. The van der Waals surface area contributed by atoms with Crippen molar-refractivity contribution in [3.8, 4) is 16.9 Å². The highest BCUT2D eigenvalue weighted by atomic mass is 32.1. The van der Waals surface area contributed by atoms with Gasteiger partial charge in [0, 0.05) is 11.3 Å². The van der Waals surface area contributed by atoms with Crippen LogP contribution in [-0.4, -0.2) is 26.1 Å². The topological polar surface area (TPSA) is 50.4 Å². The van der Waals surface area contributed by atoms with Crippen molar-refractivity contribution in [3.05, 3.63) is 40.6 Å². The Morgan fingerprint density at radius 2 is 2.00 bits per heavy atom. The van der Waals surface area contributed by atoms with Crippen molar-refractivity contribution >= 4 is 17.2 Å². The van der Waals surface area contributed by atoms with Gasteiger partial charge in [0.05, 0.1) is 13.7 Å². The summed E-state index contributed by atoms with van der Waals surface area (Å²) < 4.78 is 5.19. The Hall–Kier alpha value is -1.85. The highest BCUT2D eigenvalue weighted by Crippen LogP contribution is 2.27. The minimum absolute atomic E-state index is 0.165. The number of hydrogen-bond donors (Lipinski definition) is 2.